The van der Waals surface area contributed by atoms with E-state index in [1.807, 2.05) is 30.3 Å². The largest absolute Gasteiger partial charge is 0.489 e. The maximum atomic E-state index is 13.9. The molecule has 1 atom stereocenters. The molecule has 2 N–H and O–H groups in total. The number of hydrogen-bond donors (Lipinski definition) is 2. The number of nitrogens with zero attached hydrogens (tertiary/aromatic N) is 4. The zero-order valence-corrected chi connectivity index (χ0v) is 37.4. The lowest BCUT2D eigenvalue weighted by atomic mass is 9.72. The number of sulfonamides is 1. The summed E-state index contributed by atoms with van der Waals surface area (Å²) >= 11 is 12.8. The fraction of sp³-hybridized carbons (Fsp3) is 0.404. The van der Waals surface area contributed by atoms with E-state index in [0.29, 0.717) is 29.8 Å². The van der Waals surface area contributed by atoms with Crippen LogP contribution in [0, 0.1) is 5.41 Å². The van der Waals surface area contributed by atoms with E-state index in [1.165, 1.54) is 47.8 Å². The minimum Gasteiger partial charge on any atom is -0.489 e. The third-order valence-corrected chi connectivity index (χ3v) is 14.3. The zero-order chi connectivity index (χ0) is 43.0. The number of carbonyl (C=O) groups excluding carboxylic acids is 1. The monoisotopic (exact) mass is 898 g/mol. The van der Waals surface area contributed by atoms with Crippen molar-refractivity contribution in [2.24, 2.45) is 5.41 Å². The Kier molecular flexibility index (Phi) is 12.3. The van der Waals surface area contributed by atoms with Gasteiger partial charge >= 0.3 is 0 Å². The van der Waals surface area contributed by atoms with E-state index >= 15 is 0 Å². The fourth-order valence-corrected chi connectivity index (χ4v) is 10.2. The van der Waals surface area contributed by atoms with Crippen LogP contribution in [0.3, 0.4) is 0 Å². The summed E-state index contributed by atoms with van der Waals surface area (Å²) in [5, 5.41) is 1.68. The number of benzene rings is 3. The number of aromatic nitrogens is 2. The van der Waals surface area contributed by atoms with Gasteiger partial charge in [0.05, 0.1) is 28.3 Å². The van der Waals surface area contributed by atoms with Gasteiger partial charge in [-0.2, -0.15) is 0 Å². The van der Waals surface area contributed by atoms with Gasteiger partial charge in [0.1, 0.15) is 35.6 Å². The molecule has 3 fully saturated rings. The number of fused-ring (bicyclic) bond motifs is 1. The lowest BCUT2D eigenvalue weighted by molar-refractivity contribution is -0.0504. The summed E-state index contributed by atoms with van der Waals surface area (Å²) in [6.07, 6.45) is 8.94. The summed E-state index contributed by atoms with van der Waals surface area (Å²) in [4.78, 5) is 28.5. The maximum absolute atomic E-state index is 13.9. The van der Waals surface area contributed by atoms with E-state index in [4.69, 9.17) is 37.4 Å². The molecule has 1 saturated carbocycles. The molecule has 2 aliphatic heterocycles. The predicted molar refractivity (Wildman–Crippen MR) is 243 cm³/mol. The zero-order valence-electron chi connectivity index (χ0n) is 35.0. The van der Waals surface area contributed by atoms with Crippen LogP contribution >= 0.6 is 23.2 Å². The number of pyridine rings is 1. The van der Waals surface area contributed by atoms with E-state index in [1.54, 1.807) is 24.5 Å². The van der Waals surface area contributed by atoms with Gasteiger partial charge in [-0.1, -0.05) is 54.8 Å². The van der Waals surface area contributed by atoms with Crippen molar-refractivity contribution in [3.63, 3.8) is 0 Å². The van der Waals surface area contributed by atoms with Crippen molar-refractivity contribution in [2.75, 3.05) is 63.9 Å². The highest BCUT2D eigenvalue weighted by Crippen LogP contribution is 2.43. The SMILES string of the molecule is CC1(C)CCC(CN2CCN(c3ccc(C(=O)NS(=O)(=O)c4ccc(OCC5CN(C6CC6)CCO5)c(Cl)c4)c(Oc4cnc5[nH]ccc5c4)c3)CC2)=C(c2ccc(Cl)cc2)C1. The van der Waals surface area contributed by atoms with Crippen molar-refractivity contribution in [1.82, 2.24) is 24.5 Å². The Labute approximate surface area is 373 Å². The summed E-state index contributed by atoms with van der Waals surface area (Å²) in [5.41, 5.74) is 6.01. The quantitative estimate of drug-likeness (QED) is 0.118. The van der Waals surface area contributed by atoms with Gasteiger partial charge in [0.25, 0.3) is 15.9 Å². The summed E-state index contributed by atoms with van der Waals surface area (Å²) in [7, 11) is -4.35. The Bertz CT molecular complexity index is 2590. The number of amides is 1. The Balaban J connectivity index is 0.896. The fourth-order valence-electron chi connectivity index (χ4n) is 8.78. The predicted octanol–water partition coefficient (Wildman–Crippen LogP) is 8.81. The average Bonchev–Trinajstić information content (AvgIpc) is 4.01. The number of aromatic amines is 1. The minimum absolute atomic E-state index is 0.0470. The molecule has 2 saturated heterocycles. The number of piperazine rings is 1. The van der Waals surface area contributed by atoms with E-state index < -0.39 is 15.9 Å². The summed E-state index contributed by atoms with van der Waals surface area (Å²) < 4.78 is 47.8. The van der Waals surface area contributed by atoms with Gasteiger partial charge in [0.15, 0.2) is 0 Å². The average molecular weight is 900 g/mol. The number of nitrogens with one attached hydrogen (secondary N) is 2. The van der Waals surface area contributed by atoms with Crippen LogP contribution in [0.4, 0.5) is 5.69 Å². The molecule has 62 heavy (non-hydrogen) atoms. The number of morpholine rings is 1. The van der Waals surface area contributed by atoms with Crippen molar-refractivity contribution < 1.29 is 27.4 Å². The van der Waals surface area contributed by atoms with Crippen LogP contribution in [0.15, 0.2) is 95.7 Å². The molecular weight excluding hydrogens is 848 g/mol. The first-order valence-corrected chi connectivity index (χ1v) is 23.6. The third kappa shape index (κ3) is 9.93. The van der Waals surface area contributed by atoms with Crippen LogP contribution in [0.2, 0.25) is 10.0 Å². The molecular formula is C47H52Cl2N6O6S. The van der Waals surface area contributed by atoms with Crippen LogP contribution in [0.5, 0.6) is 17.2 Å². The number of H-pyrrole nitrogens is 1. The Morgan fingerprint density at radius 2 is 1.77 bits per heavy atom. The lowest BCUT2D eigenvalue weighted by Gasteiger charge is -2.39. The number of anilines is 1. The molecule has 2 aliphatic carbocycles. The van der Waals surface area contributed by atoms with Crippen molar-refractivity contribution in [2.45, 2.75) is 63.0 Å². The smallest absolute Gasteiger partial charge is 0.268 e. The van der Waals surface area contributed by atoms with Gasteiger partial charge in [-0.05, 0) is 103 Å². The molecule has 9 rings (SSSR count). The molecule has 1 amide bonds. The molecule has 2 aromatic heterocycles. The molecule has 12 nitrogen and oxygen atoms in total. The second kappa shape index (κ2) is 17.9. The molecule has 0 bridgehead atoms. The number of carbonyl (C=O) groups is 1. The van der Waals surface area contributed by atoms with E-state index in [0.717, 1.165) is 81.2 Å². The van der Waals surface area contributed by atoms with E-state index in [-0.39, 0.29) is 39.4 Å². The van der Waals surface area contributed by atoms with E-state index in [9.17, 15) is 13.2 Å². The molecule has 4 aliphatic rings. The Morgan fingerprint density at radius 1 is 0.968 bits per heavy atom. The maximum Gasteiger partial charge on any atom is 0.268 e. The van der Waals surface area contributed by atoms with Crippen LogP contribution in [0.25, 0.3) is 16.6 Å². The topological polar surface area (TPSA) is 129 Å². The highest BCUT2D eigenvalue weighted by atomic mass is 35.5. The Morgan fingerprint density at radius 3 is 2.55 bits per heavy atom. The molecule has 4 heterocycles. The van der Waals surface area contributed by atoms with Crippen molar-refractivity contribution in [1.29, 1.82) is 0 Å². The second-order valence-electron chi connectivity index (χ2n) is 17.6. The molecule has 326 valence electrons. The lowest BCUT2D eigenvalue weighted by Crippen LogP contribution is -2.47. The summed E-state index contributed by atoms with van der Waals surface area (Å²) in [6.45, 7) is 11.5. The van der Waals surface area contributed by atoms with Crippen molar-refractivity contribution in [3.8, 4) is 17.2 Å². The van der Waals surface area contributed by atoms with Gasteiger partial charge < -0.3 is 24.1 Å². The first kappa shape index (κ1) is 42.7. The van der Waals surface area contributed by atoms with Gasteiger partial charge in [-0.3, -0.25) is 14.6 Å². The minimum atomic E-state index is -4.35. The van der Waals surface area contributed by atoms with Gasteiger partial charge in [0, 0.05) is 80.2 Å². The molecule has 0 radical (unpaired) electrons. The van der Waals surface area contributed by atoms with Crippen LogP contribution in [0.1, 0.15) is 61.9 Å². The summed E-state index contributed by atoms with van der Waals surface area (Å²) in [6, 6.07) is 22.0. The van der Waals surface area contributed by atoms with Gasteiger partial charge in [0.2, 0.25) is 0 Å². The molecule has 5 aromatic rings. The second-order valence-corrected chi connectivity index (χ2v) is 20.1. The standard InChI is InChI=1S/C47H52Cl2N6O6S/c1-47(2)15-13-33(41(26-47)31-3-5-34(48)6-4-31)28-53-17-19-54(20-18-53)36-9-11-40(44(24-36)61-37-23-32-14-16-50-45(32)51-27-37)46(56)52-62(57,58)39-10-12-43(42(49)25-39)60-30-38-29-55(21-22-59-38)35-7-8-35/h3-6,9-12,14,16,23-25,27,35,38H,7-8,13,15,17-22,26,28-30H2,1-2H3,(H,50,51)(H,52,56). The van der Waals surface area contributed by atoms with Gasteiger partial charge in [-0.15, -0.1) is 0 Å². The first-order valence-electron chi connectivity index (χ1n) is 21.4. The molecule has 3 aromatic carbocycles. The normalized spacial score (nSPS) is 20.1. The number of halogens is 2. The number of allylic oxidation sites excluding steroid dienone is 1. The number of hydrogen-bond acceptors (Lipinski definition) is 10. The van der Waals surface area contributed by atoms with Crippen LogP contribution in [-0.2, 0) is 14.8 Å². The summed E-state index contributed by atoms with van der Waals surface area (Å²) in [5.74, 6) is 0.0853. The number of ether oxygens (including phenoxy) is 3. The number of rotatable bonds is 13. The van der Waals surface area contributed by atoms with Crippen molar-refractivity contribution >= 4 is 61.4 Å². The highest BCUT2D eigenvalue weighted by Gasteiger charge is 2.34. The molecule has 15 heteroatoms. The van der Waals surface area contributed by atoms with E-state index in [2.05, 4.69) is 55.4 Å². The van der Waals surface area contributed by atoms with Gasteiger partial charge in [-0.25, -0.2) is 18.1 Å². The molecule has 1 unspecified atom stereocenters. The van der Waals surface area contributed by atoms with Crippen LogP contribution in [-0.4, -0.2) is 105 Å². The third-order valence-electron chi connectivity index (χ3n) is 12.4. The van der Waals surface area contributed by atoms with Crippen molar-refractivity contribution in [3.05, 3.63) is 112 Å². The van der Waals surface area contributed by atoms with Crippen LogP contribution < -0.4 is 19.1 Å². The molecule has 0 spiro atoms. The highest BCUT2D eigenvalue weighted by molar-refractivity contribution is 7.90. The first-order chi connectivity index (χ1) is 29.9. The Hall–Kier alpha value is -4.63.